The van der Waals surface area contributed by atoms with E-state index in [4.69, 9.17) is 0 Å². The molecule has 0 aliphatic rings. The van der Waals surface area contributed by atoms with Crippen LogP contribution >= 0.6 is 0 Å². The highest BCUT2D eigenvalue weighted by atomic mass is 16.3. The summed E-state index contributed by atoms with van der Waals surface area (Å²) in [5, 5.41) is 9.54. The lowest BCUT2D eigenvalue weighted by molar-refractivity contribution is 0.477. The maximum atomic E-state index is 9.54. The molecule has 2 rings (SSSR count). The topological polar surface area (TPSA) is 20.2 Å². The van der Waals surface area contributed by atoms with Crippen LogP contribution in [0.2, 0.25) is 0 Å². The Hall–Kier alpha value is -1.76. The van der Waals surface area contributed by atoms with Gasteiger partial charge in [-0.1, -0.05) is 36.4 Å². The minimum Gasteiger partial charge on any atom is -0.507 e. The molecule has 0 heterocycles. The van der Waals surface area contributed by atoms with E-state index in [1.165, 1.54) is 0 Å². The fourth-order valence-corrected chi connectivity index (χ4v) is 1.27. The van der Waals surface area contributed by atoms with Gasteiger partial charge in [-0.15, -0.1) is 0 Å². The Morgan fingerprint density at radius 3 is 2.46 bits per heavy atom. The molecule has 1 nitrogen and oxygen atoms in total. The van der Waals surface area contributed by atoms with Crippen molar-refractivity contribution in [1.82, 2.24) is 0 Å². The van der Waals surface area contributed by atoms with E-state index >= 15 is 0 Å². The van der Waals surface area contributed by atoms with Crippen molar-refractivity contribution < 1.29 is 5.11 Å². The summed E-state index contributed by atoms with van der Waals surface area (Å²) in [7, 11) is 0. The normalized spacial score (nSPS) is 9.85. The first-order chi connectivity index (χ1) is 6.38. The average Bonchev–Trinajstić information content (AvgIpc) is 2.20. The number of benzene rings is 2. The fourth-order valence-electron chi connectivity index (χ4n) is 1.27. The van der Waals surface area contributed by atoms with Gasteiger partial charge in [0.1, 0.15) is 5.75 Å². The molecule has 1 heteroatoms. The Morgan fingerprint density at radius 1 is 1.00 bits per heavy atom. The van der Waals surface area contributed by atoms with Gasteiger partial charge < -0.3 is 5.11 Å². The molecule has 1 radical (unpaired) electrons. The maximum Gasteiger partial charge on any atom is 0.123 e. The standard InChI is InChI=1S/C12H9O/c13-12-9-5-4-8-11(12)10-6-2-1-3-7-10/h1-3,5-9,13H. The third kappa shape index (κ3) is 1.54. The van der Waals surface area contributed by atoms with Gasteiger partial charge in [0.25, 0.3) is 0 Å². The van der Waals surface area contributed by atoms with Crippen molar-refractivity contribution in [3.8, 4) is 16.9 Å². The zero-order chi connectivity index (χ0) is 9.10. The van der Waals surface area contributed by atoms with Crippen LogP contribution in [0.15, 0.2) is 48.5 Å². The van der Waals surface area contributed by atoms with Gasteiger partial charge in [0, 0.05) is 5.56 Å². The highest BCUT2D eigenvalue weighted by Gasteiger charge is 2.00. The Balaban J connectivity index is 2.54. The molecular weight excluding hydrogens is 160 g/mol. The molecule has 2 aromatic carbocycles. The van der Waals surface area contributed by atoms with Gasteiger partial charge in [0.15, 0.2) is 0 Å². The lowest BCUT2D eigenvalue weighted by atomic mass is 10.1. The van der Waals surface area contributed by atoms with Crippen molar-refractivity contribution >= 4 is 0 Å². The summed E-state index contributed by atoms with van der Waals surface area (Å²) >= 11 is 0. The average molecular weight is 169 g/mol. The predicted molar refractivity (Wildman–Crippen MR) is 52.4 cm³/mol. The molecule has 0 aromatic heterocycles. The maximum absolute atomic E-state index is 9.54. The molecule has 13 heavy (non-hydrogen) atoms. The number of aromatic hydroxyl groups is 1. The smallest absolute Gasteiger partial charge is 0.123 e. The van der Waals surface area contributed by atoms with E-state index in [-0.39, 0.29) is 0 Å². The molecule has 0 aliphatic heterocycles. The van der Waals surface area contributed by atoms with Gasteiger partial charge in [-0.25, -0.2) is 0 Å². The van der Waals surface area contributed by atoms with Crippen LogP contribution in [0.3, 0.4) is 0 Å². The summed E-state index contributed by atoms with van der Waals surface area (Å²) in [6.45, 7) is 0. The minimum absolute atomic E-state index is 0.296. The van der Waals surface area contributed by atoms with Gasteiger partial charge in [-0.2, -0.15) is 0 Å². The zero-order valence-electron chi connectivity index (χ0n) is 7.07. The second-order valence-electron chi connectivity index (χ2n) is 2.81. The first-order valence-electron chi connectivity index (χ1n) is 4.12. The molecule has 2 aromatic rings. The summed E-state index contributed by atoms with van der Waals surface area (Å²) in [6, 6.07) is 17.8. The molecule has 1 N–H and O–H groups in total. The molecule has 0 saturated carbocycles. The van der Waals surface area contributed by atoms with Gasteiger partial charge in [0.05, 0.1) is 0 Å². The number of rotatable bonds is 1. The summed E-state index contributed by atoms with van der Waals surface area (Å²) in [5.41, 5.74) is 1.83. The second-order valence-corrected chi connectivity index (χ2v) is 2.81. The number of hydrogen-bond donors (Lipinski definition) is 1. The zero-order valence-corrected chi connectivity index (χ0v) is 7.07. The van der Waals surface area contributed by atoms with Crippen LogP contribution in [-0.4, -0.2) is 5.11 Å². The molecule has 63 valence electrons. The molecule has 0 unspecified atom stereocenters. The Morgan fingerprint density at radius 2 is 1.77 bits per heavy atom. The van der Waals surface area contributed by atoms with Gasteiger partial charge in [0.2, 0.25) is 0 Å². The van der Waals surface area contributed by atoms with E-state index < -0.39 is 0 Å². The van der Waals surface area contributed by atoms with Crippen molar-refractivity contribution in [2.75, 3.05) is 0 Å². The van der Waals surface area contributed by atoms with Crippen molar-refractivity contribution in [3.05, 3.63) is 54.6 Å². The van der Waals surface area contributed by atoms with Crippen molar-refractivity contribution in [2.24, 2.45) is 0 Å². The van der Waals surface area contributed by atoms with Gasteiger partial charge in [-0.3, -0.25) is 0 Å². The summed E-state index contributed by atoms with van der Waals surface area (Å²) < 4.78 is 0. The molecular formula is C12H9O. The Bertz CT molecular complexity index is 393. The molecule has 0 aliphatic carbocycles. The van der Waals surface area contributed by atoms with E-state index in [0.717, 1.165) is 11.1 Å². The van der Waals surface area contributed by atoms with Crippen LogP contribution < -0.4 is 0 Å². The molecule has 0 fully saturated rings. The highest BCUT2D eigenvalue weighted by Crippen LogP contribution is 2.27. The molecule has 0 atom stereocenters. The second kappa shape index (κ2) is 3.31. The van der Waals surface area contributed by atoms with Crippen LogP contribution in [0.25, 0.3) is 11.1 Å². The van der Waals surface area contributed by atoms with Crippen LogP contribution in [0.1, 0.15) is 0 Å². The van der Waals surface area contributed by atoms with Crippen LogP contribution in [0.4, 0.5) is 0 Å². The molecule has 0 amide bonds. The van der Waals surface area contributed by atoms with Crippen LogP contribution in [0, 0.1) is 6.07 Å². The van der Waals surface area contributed by atoms with E-state index in [9.17, 15) is 5.11 Å². The first kappa shape index (κ1) is 7.87. The fraction of sp³-hybridized carbons (Fsp3) is 0. The third-order valence-electron chi connectivity index (χ3n) is 1.93. The third-order valence-corrected chi connectivity index (χ3v) is 1.93. The Labute approximate surface area is 77.3 Å². The summed E-state index contributed by atoms with van der Waals surface area (Å²) in [4.78, 5) is 0. The van der Waals surface area contributed by atoms with Crippen molar-refractivity contribution in [3.63, 3.8) is 0 Å². The van der Waals surface area contributed by atoms with E-state index in [1.54, 1.807) is 18.2 Å². The van der Waals surface area contributed by atoms with Crippen LogP contribution in [-0.2, 0) is 0 Å². The molecule has 0 bridgehead atoms. The number of phenolic OH excluding ortho intramolecular Hbond substituents is 1. The quantitative estimate of drug-likeness (QED) is 0.696. The van der Waals surface area contributed by atoms with Gasteiger partial charge in [-0.05, 0) is 23.8 Å². The van der Waals surface area contributed by atoms with E-state index in [2.05, 4.69) is 6.07 Å². The van der Waals surface area contributed by atoms with Gasteiger partial charge >= 0.3 is 0 Å². The largest absolute Gasteiger partial charge is 0.507 e. The Kier molecular flexibility index (Phi) is 2.01. The number of phenols is 1. The van der Waals surface area contributed by atoms with Crippen LogP contribution in [0.5, 0.6) is 5.75 Å². The van der Waals surface area contributed by atoms with Crippen molar-refractivity contribution in [2.45, 2.75) is 0 Å². The predicted octanol–water partition coefficient (Wildman–Crippen LogP) is 2.86. The van der Waals surface area contributed by atoms with Crippen molar-refractivity contribution in [1.29, 1.82) is 0 Å². The molecule has 0 saturated heterocycles. The lowest BCUT2D eigenvalue weighted by Crippen LogP contribution is -1.76. The monoisotopic (exact) mass is 169 g/mol. The number of hydrogen-bond acceptors (Lipinski definition) is 1. The minimum atomic E-state index is 0.296. The SMILES string of the molecule is Oc1cc[c]cc1-c1ccccc1. The highest BCUT2D eigenvalue weighted by molar-refractivity contribution is 5.69. The van der Waals surface area contributed by atoms with E-state index in [0.29, 0.717) is 5.75 Å². The molecule has 0 spiro atoms. The summed E-state index contributed by atoms with van der Waals surface area (Å²) in [6.07, 6.45) is 0. The summed E-state index contributed by atoms with van der Waals surface area (Å²) in [5.74, 6) is 0.296. The lowest BCUT2D eigenvalue weighted by Gasteiger charge is -2.02. The first-order valence-corrected chi connectivity index (χ1v) is 4.12. The van der Waals surface area contributed by atoms with E-state index in [1.807, 2.05) is 30.3 Å².